The van der Waals surface area contributed by atoms with Crippen LogP contribution in [0, 0.1) is 37.3 Å². The molecule has 0 aromatic heterocycles. The van der Waals surface area contributed by atoms with Gasteiger partial charge in [-0.15, -0.1) is 0 Å². The maximum absolute atomic E-state index is 11.8. The second-order valence-electron chi connectivity index (χ2n) is 10.5. The summed E-state index contributed by atoms with van der Waals surface area (Å²) in [6, 6.07) is 5.50. The number of esters is 2. The highest BCUT2D eigenvalue weighted by Gasteiger charge is 2.30. The van der Waals surface area contributed by atoms with Gasteiger partial charge in [-0.1, -0.05) is 58.8 Å². The number of nitro groups is 3. The molecule has 2 unspecified atom stereocenters. The van der Waals surface area contributed by atoms with Gasteiger partial charge in [-0.2, -0.15) is 0 Å². The van der Waals surface area contributed by atoms with E-state index in [1.54, 1.807) is 20.8 Å². The summed E-state index contributed by atoms with van der Waals surface area (Å²) in [4.78, 5) is 55.2. The van der Waals surface area contributed by atoms with E-state index < -0.39 is 38.1 Å². The lowest BCUT2D eigenvalue weighted by Gasteiger charge is -2.17. The van der Waals surface area contributed by atoms with Crippen molar-refractivity contribution in [2.75, 3.05) is 0 Å². The van der Waals surface area contributed by atoms with Crippen LogP contribution >= 0.6 is 0 Å². The number of hydrogen-bond acceptors (Lipinski definition) is 10. The lowest BCUT2D eigenvalue weighted by Crippen LogP contribution is -2.11. The van der Waals surface area contributed by atoms with E-state index in [9.17, 15) is 39.9 Å². The van der Waals surface area contributed by atoms with Gasteiger partial charge in [-0.3, -0.25) is 30.3 Å². The number of aryl methyl sites for hydroxylation is 1. The second-order valence-corrected chi connectivity index (χ2v) is 10.5. The van der Waals surface area contributed by atoms with Crippen molar-refractivity contribution in [3.05, 3.63) is 95.6 Å². The molecule has 0 saturated carbocycles. The quantitative estimate of drug-likeness (QED) is 0.0598. The van der Waals surface area contributed by atoms with Crippen molar-refractivity contribution in [3.63, 3.8) is 0 Å². The average Bonchev–Trinajstić information content (AvgIpc) is 2.99. The monoisotopic (exact) mass is 641 g/mol. The molecule has 250 valence electrons. The number of hydrogen-bond donors (Lipinski definition) is 0. The molecule has 2 aromatic carbocycles. The summed E-state index contributed by atoms with van der Waals surface area (Å²) < 4.78 is 10.3. The number of allylic oxidation sites excluding steroid dienone is 2. The number of non-ortho nitro benzene ring substituents is 1. The largest absolute Gasteiger partial charge is 0.416 e. The molecule has 13 nitrogen and oxygen atoms in total. The molecule has 13 heteroatoms. The first kappa shape index (κ1) is 39.1. The maximum atomic E-state index is 11.8. The molecule has 0 saturated heterocycles. The van der Waals surface area contributed by atoms with E-state index in [2.05, 4.69) is 13.8 Å². The fourth-order valence-corrected chi connectivity index (χ4v) is 4.99. The fraction of sp³-hybridized carbons (Fsp3) is 0.455. The van der Waals surface area contributed by atoms with E-state index in [1.165, 1.54) is 30.4 Å². The highest BCUT2D eigenvalue weighted by atomic mass is 16.6. The summed E-state index contributed by atoms with van der Waals surface area (Å²) in [5, 5.41) is 33.8. The van der Waals surface area contributed by atoms with Crippen LogP contribution < -0.4 is 9.47 Å². The minimum atomic E-state index is -0.770. The highest BCUT2D eigenvalue weighted by molar-refractivity contribution is 5.85. The van der Waals surface area contributed by atoms with Gasteiger partial charge < -0.3 is 9.47 Å². The van der Waals surface area contributed by atoms with E-state index in [4.69, 9.17) is 9.47 Å². The van der Waals surface area contributed by atoms with Gasteiger partial charge >= 0.3 is 23.3 Å². The topological polar surface area (TPSA) is 182 Å². The molecular formula is C33H43N3O10. The molecule has 0 radical (unpaired) electrons. The Morgan fingerprint density at radius 3 is 1.63 bits per heavy atom. The van der Waals surface area contributed by atoms with Crippen LogP contribution in [-0.2, 0) is 9.59 Å². The summed E-state index contributed by atoms with van der Waals surface area (Å²) in [5.41, 5.74) is 0.736. The van der Waals surface area contributed by atoms with Crippen molar-refractivity contribution >= 4 is 29.0 Å². The van der Waals surface area contributed by atoms with Gasteiger partial charge in [0.05, 0.1) is 20.8 Å². The van der Waals surface area contributed by atoms with Crippen LogP contribution in [0.5, 0.6) is 11.5 Å². The molecule has 46 heavy (non-hydrogen) atoms. The first-order valence-electron chi connectivity index (χ1n) is 15.2. The fourth-order valence-electron chi connectivity index (χ4n) is 4.99. The lowest BCUT2D eigenvalue weighted by molar-refractivity contribution is -0.394. The Bertz CT molecular complexity index is 1470. The number of ether oxygens (including phenoxy) is 2. The molecule has 0 aliphatic rings. The maximum Gasteiger partial charge on any atom is 0.336 e. The number of carbonyl (C=O) groups is 2. The summed E-state index contributed by atoms with van der Waals surface area (Å²) in [5.74, 6) is -1.45. The van der Waals surface area contributed by atoms with Gasteiger partial charge in [0, 0.05) is 29.8 Å². The van der Waals surface area contributed by atoms with Gasteiger partial charge in [0.25, 0.3) is 5.69 Å². The number of carbonyl (C=O) groups excluding carboxylic acids is 2. The molecule has 0 aliphatic carbocycles. The molecule has 0 N–H and O–H groups in total. The van der Waals surface area contributed by atoms with Gasteiger partial charge in [0.1, 0.15) is 0 Å². The van der Waals surface area contributed by atoms with Crippen LogP contribution in [0.15, 0.2) is 48.6 Å². The van der Waals surface area contributed by atoms with Crippen LogP contribution in [0.25, 0.3) is 0 Å². The summed E-state index contributed by atoms with van der Waals surface area (Å²) >= 11 is 0. The number of nitrogens with zero attached hydrogens (tertiary/aromatic N) is 3. The molecule has 0 heterocycles. The summed E-state index contributed by atoms with van der Waals surface area (Å²) in [6.45, 7) is 13.0. The molecule has 0 bridgehead atoms. The second kappa shape index (κ2) is 19.4. The van der Waals surface area contributed by atoms with Gasteiger partial charge in [0.2, 0.25) is 11.5 Å². The van der Waals surface area contributed by atoms with E-state index in [-0.39, 0.29) is 29.0 Å². The zero-order valence-electron chi connectivity index (χ0n) is 27.4. The highest BCUT2D eigenvalue weighted by Crippen LogP contribution is 2.42. The first-order chi connectivity index (χ1) is 21.8. The Kier molecular flexibility index (Phi) is 16.5. The van der Waals surface area contributed by atoms with Gasteiger partial charge in [0.15, 0.2) is 0 Å². The third-order valence-corrected chi connectivity index (χ3v) is 7.15. The Labute approximate surface area is 268 Å². The first-order valence-corrected chi connectivity index (χ1v) is 15.2. The Morgan fingerprint density at radius 2 is 1.20 bits per heavy atom. The molecule has 0 amide bonds. The van der Waals surface area contributed by atoms with Gasteiger partial charge in [-0.25, -0.2) is 9.59 Å². The molecule has 0 spiro atoms. The minimum absolute atomic E-state index is 0.0307. The Balaban J connectivity index is 0.000000462. The van der Waals surface area contributed by atoms with Crippen molar-refractivity contribution < 1.29 is 33.8 Å². The standard InChI is InChI=1S/C17H23NO4.C16H20N2O6/c1-5-8-13(7-3)14-10-12(4)17(15(11-14)18(20)21)22-16(19)9-6-2;1-4-7-11(6-3)13-9-12(17(20)21)10-14(18(22)23)16(13)24-15(19)8-5-2/h6,9-11,13H,5,7-8H2,1-4H3;5,8-11H,4,6-7H2,1-3H3/b9-6+;8-5+. The molecule has 2 atom stereocenters. The van der Waals surface area contributed by atoms with Crippen LogP contribution in [0.2, 0.25) is 0 Å². The minimum Gasteiger partial charge on any atom is -0.416 e. The number of benzene rings is 2. The smallest absolute Gasteiger partial charge is 0.336 e. The Morgan fingerprint density at radius 1 is 0.717 bits per heavy atom. The predicted octanol–water partition coefficient (Wildman–Crippen LogP) is 8.96. The van der Waals surface area contributed by atoms with Crippen molar-refractivity contribution in [1.82, 2.24) is 0 Å². The molecule has 0 aliphatic heterocycles. The van der Waals surface area contributed by atoms with E-state index in [0.717, 1.165) is 43.4 Å². The molecule has 0 fully saturated rings. The molecular weight excluding hydrogens is 598 g/mol. The van der Waals surface area contributed by atoms with E-state index in [1.807, 2.05) is 19.9 Å². The van der Waals surface area contributed by atoms with Crippen LogP contribution in [0.3, 0.4) is 0 Å². The number of nitro benzene ring substituents is 3. The normalized spacial score (nSPS) is 12.2. The molecule has 2 rings (SSSR count). The van der Waals surface area contributed by atoms with Crippen molar-refractivity contribution in [1.29, 1.82) is 0 Å². The molecule has 2 aromatic rings. The number of rotatable bonds is 15. The van der Waals surface area contributed by atoms with Gasteiger partial charge in [-0.05, 0) is 69.4 Å². The van der Waals surface area contributed by atoms with Crippen LogP contribution in [-0.4, -0.2) is 26.7 Å². The third kappa shape index (κ3) is 11.2. The zero-order valence-corrected chi connectivity index (χ0v) is 27.4. The predicted molar refractivity (Wildman–Crippen MR) is 174 cm³/mol. The summed E-state index contributed by atoms with van der Waals surface area (Å²) in [6.07, 6.45) is 10.3. The van der Waals surface area contributed by atoms with E-state index in [0.29, 0.717) is 24.0 Å². The zero-order chi connectivity index (χ0) is 35.0. The summed E-state index contributed by atoms with van der Waals surface area (Å²) in [7, 11) is 0. The van der Waals surface area contributed by atoms with Crippen LogP contribution in [0.4, 0.5) is 17.1 Å². The van der Waals surface area contributed by atoms with Crippen LogP contribution in [0.1, 0.15) is 109 Å². The van der Waals surface area contributed by atoms with Crippen molar-refractivity contribution in [2.24, 2.45) is 0 Å². The van der Waals surface area contributed by atoms with E-state index >= 15 is 0 Å². The SMILES string of the molecule is C/C=C/C(=O)Oc1c(C(CC)CCC)cc([N+](=O)[O-])cc1[N+](=O)[O-].C/C=C/C(=O)Oc1c(C)cc(C(CC)CCC)cc1[N+](=O)[O-]. The Hall–Kier alpha value is -4.94. The lowest BCUT2D eigenvalue weighted by atomic mass is 9.90. The van der Waals surface area contributed by atoms with Crippen molar-refractivity contribution in [2.45, 2.75) is 98.8 Å². The van der Waals surface area contributed by atoms with Crippen molar-refractivity contribution in [3.8, 4) is 11.5 Å². The average molecular weight is 642 g/mol. The third-order valence-electron chi connectivity index (χ3n) is 7.15.